The maximum Gasteiger partial charge on any atom is 0.0568 e. The Balaban J connectivity index is 0.00000144. The molecule has 0 fully saturated rings. The number of nitrogens with two attached hydrogens (primary N) is 1. The van der Waals surface area contributed by atoms with E-state index in [1.54, 1.807) is 0 Å². The van der Waals surface area contributed by atoms with Crippen LogP contribution in [0.4, 0.5) is 0 Å². The van der Waals surface area contributed by atoms with E-state index in [9.17, 15) is 0 Å². The summed E-state index contributed by atoms with van der Waals surface area (Å²) >= 11 is 0. The van der Waals surface area contributed by atoms with Gasteiger partial charge in [0, 0.05) is 24.8 Å². The van der Waals surface area contributed by atoms with Gasteiger partial charge in [0.15, 0.2) is 0 Å². The third-order valence-electron chi connectivity index (χ3n) is 2.58. The molecule has 4 heteroatoms. The van der Waals surface area contributed by atoms with Crippen LogP contribution in [0.1, 0.15) is 18.9 Å². The van der Waals surface area contributed by atoms with Gasteiger partial charge in [-0.3, -0.25) is 4.68 Å². The lowest BCUT2D eigenvalue weighted by Crippen LogP contribution is -1.96. The van der Waals surface area contributed by atoms with E-state index in [0.717, 1.165) is 24.1 Å². The summed E-state index contributed by atoms with van der Waals surface area (Å²) < 4.78 is 1.98. The normalized spacial score (nSPS) is 10.0. The summed E-state index contributed by atoms with van der Waals surface area (Å²) in [7, 11) is 0. The smallest absolute Gasteiger partial charge is 0.0568 e. The summed E-state index contributed by atoms with van der Waals surface area (Å²) in [6.45, 7) is 3.70. The highest BCUT2D eigenvalue weighted by atomic mass is 35.5. The van der Waals surface area contributed by atoms with E-state index in [4.69, 9.17) is 5.73 Å². The van der Waals surface area contributed by atoms with Crippen LogP contribution in [0, 0.1) is 0 Å². The molecule has 17 heavy (non-hydrogen) atoms. The zero-order valence-electron chi connectivity index (χ0n) is 9.97. The molecule has 2 rings (SSSR count). The molecule has 0 spiro atoms. The van der Waals surface area contributed by atoms with Crippen molar-refractivity contribution in [3.8, 4) is 11.1 Å². The Kier molecular flexibility index (Phi) is 5.19. The minimum absolute atomic E-state index is 0. The van der Waals surface area contributed by atoms with Crippen LogP contribution in [0.2, 0.25) is 0 Å². The second kappa shape index (κ2) is 6.42. The molecule has 1 heterocycles. The van der Waals surface area contributed by atoms with Gasteiger partial charge in [-0.2, -0.15) is 5.10 Å². The molecule has 2 N–H and O–H groups in total. The van der Waals surface area contributed by atoms with Crippen molar-refractivity contribution in [3.63, 3.8) is 0 Å². The Morgan fingerprint density at radius 2 is 2.12 bits per heavy atom. The Morgan fingerprint density at radius 1 is 1.29 bits per heavy atom. The average Bonchev–Trinajstić information content (AvgIpc) is 2.78. The summed E-state index contributed by atoms with van der Waals surface area (Å²) in [5.74, 6) is 0. The third-order valence-corrected chi connectivity index (χ3v) is 2.58. The minimum Gasteiger partial charge on any atom is -0.326 e. The number of hydrogen-bond acceptors (Lipinski definition) is 2. The first-order chi connectivity index (χ1) is 7.83. The number of halogens is 1. The lowest BCUT2D eigenvalue weighted by molar-refractivity contribution is 0.603. The predicted molar refractivity (Wildman–Crippen MR) is 73.1 cm³/mol. The molecule has 1 aromatic carbocycles. The number of rotatable bonds is 4. The SMILES string of the molecule is CCCn1cc(-c2cccc(CN)c2)cn1.Cl. The van der Waals surface area contributed by atoms with Crippen LogP contribution in [-0.4, -0.2) is 9.78 Å². The van der Waals surface area contributed by atoms with Gasteiger partial charge in [0.05, 0.1) is 6.20 Å². The topological polar surface area (TPSA) is 43.8 Å². The zero-order chi connectivity index (χ0) is 11.4. The minimum atomic E-state index is 0. The van der Waals surface area contributed by atoms with Crippen molar-refractivity contribution in [1.29, 1.82) is 0 Å². The van der Waals surface area contributed by atoms with E-state index in [1.807, 2.05) is 23.0 Å². The fourth-order valence-corrected chi connectivity index (χ4v) is 1.74. The fourth-order valence-electron chi connectivity index (χ4n) is 1.74. The molecule has 0 aliphatic heterocycles. The molecule has 0 atom stereocenters. The van der Waals surface area contributed by atoms with Gasteiger partial charge in [-0.15, -0.1) is 12.4 Å². The maximum absolute atomic E-state index is 5.63. The van der Waals surface area contributed by atoms with Gasteiger partial charge < -0.3 is 5.73 Å². The fraction of sp³-hybridized carbons (Fsp3) is 0.308. The average molecular weight is 252 g/mol. The summed E-state index contributed by atoms with van der Waals surface area (Å²) in [6, 6.07) is 8.29. The molecule has 0 unspecified atom stereocenters. The monoisotopic (exact) mass is 251 g/mol. The quantitative estimate of drug-likeness (QED) is 0.908. The zero-order valence-corrected chi connectivity index (χ0v) is 10.8. The Bertz CT molecular complexity index is 465. The molecule has 0 amide bonds. The van der Waals surface area contributed by atoms with Crippen LogP contribution in [0.3, 0.4) is 0 Å². The van der Waals surface area contributed by atoms with Crippen molar-refractivity contribution < 1.29 is 0 Å². The molecule has 1 aromatic heterocycles. The number of benzene rings is 1. The molecule has 0 aliphatic rings. The molecule has 0 aliphatic carbocycles. The molecular weight excluding hydrogens is 234 g/mol. The standard InChI is InChI=1S/C13H17N3.ClH/c1-2-6-16-10-13(9-15-16)12-5-3-4-11(7-12)8-14;/h3-5,7,9-10H,2,6,8,14H2,1H3;1H. The van der Waals surface area contributed by atoms with E-state index in [-0.39, 0.29) is 12.4 Å². The van der Waals surface area contributed by atoms with E-state index < -0.39 is 0 Å². The maximum atomic E-state index is 5.63. The highest BCUT2D eigenvalue weighted by Gasteiger charge is 2.01. The molecular formula is C13H18ClN3. The molecule has 3 nitrogen and oxygen atoms in total. The van der Waals surface area contributed by atoms with E-state index in [1.165, 1.54) is 5.56 Å². The number of aryl methyl sites for hydroxylation is 1. The van der Waals surface area contributed by atoms with Crippen molar-refractivity contribution in [2.45, 2.75) is 26.4 Å². The van der Waals surface area contributed by atoms with Crippen molar-refractivity contribution in [2.24, 2.45) is 5.73 Å². The van der Waals surface area contributed by atoms with Crippen molar-refractivity contribution >= 4 is 12.4 Å². The van der Waals surface area contributed by atoms with Crippen LogP contribution in [0.5, 0.6) is 0 Å². The number of aromatic nitrogens is 2. The van der Waals surface area contributed by atoms with Crippen molar-refractivity contribution in [2.75, 3.05) is 0 Å². The second-order valence-electron chi connectivity index (χ2n) is 3.90. The number of nitrogens with zero attached hydrogens (tertiary/aromatic N) is 2. The molecule has 0 bridgehead atoms. The first kappa shape index (κ1) is 13.7. The molecule has 2 aromatic rings. The Morgan fingerprint density at radius 3 is 2.82 bits per heavy atom. The van der Waals surface area contributed by atoms with Gasteiger partial charge in [0.1, 0.15) is 0 Å². The van der Waals surface area contributed by atoms with Crippen molar-refractivity contribution in [3.05, 3.63) is 42.2 Å². The first-order valence-electron chi connectivity index (χ1n) is 5.65. The summed E-state index contributed by atoms with van der Waals surface area (Å²) in [5, 5.41) is 4.32. The lowest BCUT2D eigenvalue weighted by Gasteiger charge is -2.00. The van der Waals surface area contributed by atoms with Crippen molar-refractivity contribution in [1.82, 2.24) is 9.78 Å². The van der Waals surface area contributed by atoms with Gasteiger partial charge in [-0.05, 0) is 23.6 Å². The summed E-state index contributed by atoms with van der Waals surface area (Å²) in [6.07, 6.45) is 5.09. The molecule has 0 radical (unpaired) electrons. The number of hydrogen-bond donors (Lipinski definition) is 1. The van der Waals surface area contributed by atoms with Crippen LogP contribution in [-0.2, 0) is 13.1 Å². The Labute approximate surface area is 108 Å². The van der Waals surface area contributed by atoms with Crippen LogP contribution < -0.4 is 5.73 Å². The van der Waals surface area contributed by atoms with Gasteiger partial charge in [0.25, 0.3) is 0 Å². The van der Waals surface area contributed by atoms with Gasteiger partial charge in [-0.25, -0.2) is 0 Å². The first-order valence-corrected chi connectivity index (χ1v) is 5.65. The molecule has 0 saturated carbocycles. The molecule has 92 valence electrons. The second-order valence-corrected chi connectivity index (χ2v) is 3.90. The highest BCUT2D eigenvalue weighted by Crippen LogP contribution is 2.19. The third kappa shape index (κ3) is 3.32. The van der Waals surface area contributed by atoms with Crippen LogP contribution >= 0.6 is 12.4 Å². The highest BCUT2D eigenvalue weighted by molar-refractivity contribution is 5.85. The van der Waals surface area contributed by atoms with Gasteiger partial charge in [0.2, 0.25) is 0 Å². The van der Waals surface area contributed by atoms with Gasteiger partial charge >= 0.3 is 0 Å². The van der Waals surface area contributed by atoms with Crippen LogP contribution in [0.15, 0.2) is 36.7 Å². The Hall–Kier alpha value is -1.32. The van der Waals surface area contributed by atoms with E-state index in [0.29, 0.717) is 6.54 Å². The lowest BCUT2D eigenvalue weighted by atomic mass is 10.1. The van der Waals surface area contributed by atoms with Crippen LogP contribution in [0.25, 0.3) is 11.1 Å². The predicted octanol–water partition coefficient (Wildman–Crippen LogP) is 2.84. The van der Waals surface area contributed by atoms with E-state index in [2.05, 4.69) is 30.4 Å². The molecule has 0 saturated heterocycles. The summed E-state index contributed by atoms with van der Waals surface area (Å²) in [4.78, 5) is 0. The van der Waals surface area contributed by atoms with Gasteiger partial charge in [-0.1, -0.05) is 25.1 Å². The largest absolute Gasteiger partial charge is 0.326 e. The van der Waals surface area contributed by atoms with E-state index >= 15 is 0 Å². The summed E-state index contributed by atoms with van der Waals surface area (Å²) in [5.41, 5.74) is 9.12.